The first-order valence-corrected chi connectivity index (χ1v) is 8.10. The molecule has 0 spiro atoms. The van der Waals surface area contributed by atoms with E-state index in [9.17, 15) is 0 Å². The normalized spacial score (nSPS) is 16.4. The van der Waals surface area contributed by atoms with Gasteiger partial charge in [0.15, 0.2) is 0 Å². The molecule has 2 nitrogen and oxygen atoms in total. The van der Waals surface area contributed by atoms with E-state index >= 15 is 0 Å². The molecule has 1 aromatic rings. The summed E-state index contributed by atoms with van der Waals surface area (Å²) in [6.45, 7) is 9.86. The van der Waals surface area contributed by atoms with Gasteiger partial charge in [-0.3, -0.25) is 0 Å². The van der Waals surface area contributed by atoms with Crippen LogP contribution >= 0.6 is 0 Å². The van der Waals surface area contributed by atoms with Gasteiger partial charge in [-0.15, -0.1) is 0 Å². The average molecular weight is 275 g/mol. The van der Waals surface area contributed by atoms with Gasteiger partial charge in [-0.25, -0.2) is 0 Å². The van der Waals surface area contributed by atoms with Gasteiger partial charge in [0.05, 0.1) is 0 Å². The lowest BCUT2D eigenvalue weighted by Crippen LogP contribution is -2.32. The van der Waals surface area contributed by atoms with Crippen LogP contribution in [0, 0.1) is 6.92 Å². The largest absolute Gasteiger partial charge is 0.489 e. The van der Waals surface area contributed by atoms with E-state index in [1.54, 1.807) is 0 Å². The van der Waals surface area contributed by atoms with Gasteiger partial charge in [-0.1, -0.05) is 33.3 Å². The van der Waals surface area contributed by atoms with E-state index < -0.39 is 0 Å². The number of benzene rings is 1. The lowest BCUT2D eigenvalue weighted by Gasteiger charge is -2.20. The third-order valence-corrected chi connectivity index (χ3v) is 3.99. The summed E-state index contributed by atoms with van der Waals surface area (Å²) in [7, 11) is 0. The van der Waals surface area contributed by atoms with Gasteiger partial charge in [0.25, 0.3) is 0 Å². The standard InChI is InChI=1S/C18H29NO/c1-5-6-17(12-19-15-7-8-15)20-16-9-10-18(13(2)3)14(4)11-16/h9-11,13,15,17,19H,5-8,12H2,1-4H3. The van der Waals surface area contributed by atoms with E-state index in [0.717, 1.165) is 24.8 Å². The maximum atomic E-state index is 6.19. The average Bonchev–Trinajstić information content (AvgIpc) is 3.20. The molecule has 0 saturated heterocycles. The molecular formula is C18H29NO. The second-order valence-corrected chi connectivity index (χ2v) is 6.38. The first kappa shape index (κ1) is 15.4. The second kappa shape index (κ2) is 7.12. The van der Waals surface area contributed by atoms with Crippen molar-refractivity contribution in [3.05, 3.63) is 29.3 Å². The summed E-state index contributed by atoms with van der Waals surface area (Å²) in [6, 6.07) is 7.28. The Kier molecular flexibility index (Phi) is 5.47. The van der Waals surface area contributed by atoms with Crippen LogP contribution in [0.25, 0.3) is 0 Å². The lowest BCUT2D eigenvalue weighted by atomic mass is 9.98. The quantitative estimate of drug-likeness (QED) is 0.758. The second-order valence-electron chi connectivity index (χ2n) is 6.38. The Labute approximate surface area is 123 Å². The highest BCUT2D eigenvalue weighted by Crippen LogP contribution is 2.25. The zero-order valence-corrected chi connectivity index (χ0v) is 13.4. The van der Waals surface area contributed by atoms with E-state index in [2.05, 4.69) is 51.2 Å². The van der Waals surface area contributed by atoms with Gasteiger partial charge >= 0.3 is 0 Å². The van der Waals surface area contributed by atoms with E-state index in [1.165, 1.54) is 30.4 Å². The van der Waals surface area contributed by atoms with Gasteiger partial charge < -0.3 is 10.1 Å². The third kappa shape index (κ3) is 4.52. The molecule has 1 aliphatic rings. The number of aryl methyl sites for hydroxylation is 1. The van der Waals surface area contributed by atoms with Crippen LogP contribution in [0.2, 0.25) is 0 Å². The molecule has 1 atom stereocenters. The predicted molar refractivity (Wildman–Crippen MR) is 85.6 cm³/mol. The number of rotatable bonds is 8. The number of nitrogens with one attached hydrogen (secondary N) is 1. The summed E-state index contributed by atoms with van der Waals surface area (Å²) in [5.41, 5.74) is 2.75. The lowest BCUT2D eigenvalue weighted by molar-refractivity contribution is 0.186. The zero-order valence-electron chi connectivity index (χ0n) is 13.4. The Bertz CT molecular complexity index is 423. The minimum atomic E-state index is 0.296. The van der Waals surface area contributed by atoms with Crippen molar-refractivity contribution in [3.63, 3.8) is 0 Å². The molecule has 2 rings (SSSR count). The fourth-order valence-electron chi connectivity index (χ4n) is 2.67. The van der Waals surface area contributed by atoms with Crippen molar-refractivity contribution < 1.29 is 4.74 Å². The minimum absolute atomic E-state index is 0.296. The van der Waals surface area contributed by atoms with Crippen LogP contribution in [-0.4, -0.2) is 18.7 Å². The van der Waals surface area contributed by atoms with Crippen molar-refractivity contribution >= 4 is 0 Å². The van der Waals surface area contributed by atoms with E-state index in [-0.39, 0.29) is 0 Å². The molecule has 0 amide bonds. The zero-order chi connectivity index (χ0) is 14.5. The van der Waals surface area contributed by atoms with Gasteiger partial charge in [-0.05, 0) is 55.4 Å². The number of hydrogen-bond donors (Lipinski definition) is 1. The highest BCUT2D eigenvalue weighted by atomic mass is 16.5. The van der Waals surface area contributed by atoms with Gasteiger partial charge in [-0.2, -0.15) is 0 Å². The Hall–Kier alpha value is -1.02. The smallest absolute Gasteiger partial charge is 0.120 e. The van der Waals surface area contributed by atoms with E-state index in [1.807, 2.05) is 0 Å². The van der Waals surface area contributed by atoms with Crippen LogP contribution in [0.15, 0.2) is 18.2 Å². The Balaban J connectivity index is 1.95. The van der Waals surface area contributed by atoms with Crippen molar-refractivity contribution in [1.82, 2.24) is 5.32 Å². The highest BCUT2D eigenvalue weighted by molar-refractivity contribution is 5.36. The molecule has 0 bridgehead atoms. The monoisotopic (exact) mass is 275 g/mol. The van der Waals surface area contributed by atoms with E-state index in [0.29, 0.717) is 12.0 Å². The molecule has 1 N–H and O–H groups in total. The summed E-state index contributed by atoms with van der Waals surface area (Å²) >= 11 is 0. The molecule has 20 heavy (non-hydrogen) atoms. The van der Waals surface area contributed by atoms with Crippen molar-refractivity contribution in [2.24, 2.45) is 0 Å². The Morgan fingerprint density at radius 2 is 2.05 bits per heavy atom. The highest BCUT2D eigenvalue weighted by Gasteiger charge is 2.22. The van der Waals surface area contributed by atoms with Crippen LogP contribution in [0.4, 0.5) is 0 Å². The van der Waals surface area contributed by atoms with Crippen LogP contribution in [0.1, 0.15) is 63.5 Å². The molecule has 0 aliphatic heterocycles. The van der Waals surface area contributed by atoms with Gasteiger partial charge in [0.1, 0.15) is 11.9 Å². The first-order chi connectivity index (χ1) is 9.60. The summed E-state index contributed by atoms with van der Waals surface area (Å²) in [4.78, 5) is 0. The van der Waals surface area contributed by atoms with Crippen molar-refractivity contribution in [2.45, 2.75) is 71.4 Å². The minimum Gasteiger partial charge on any atom is -0.489 e. The number of hydrogen-bond acceptors (Lipinski definition) is 2. The summed E-state index contributed by atoms with van der Waals surface area (Å²) < 4.78 is 6.19. The summed E-state index contributed by atoms with van der Waals surface area (Å²) in [5.74, 6) is 1.59. The Morgan fingerprint density at radius 3 is 2.60 bits per heavy atom. The molecule has 1 saturated carbocycles. The van der Waals surface area contributed by atoms with Crippen molar-refractivity contribution in [1.29, 1.82) is 0 Å². The SMILES string of the molecule is CCCC(CNC1CC1)Oc1ccc(C(C)C)c(C)c1. The van der Waals surface area contributed by atoms with Crippen molar-refractivity contribution in [2.75, 3.05) is 6.54 Å². The molecule has 1 aromatic carbocycles. The predicted octanol–water partition coefficient (Wildman–Crippen LogP) is 4.42. The first-order valence-electron chi connectivity index (χ1n) is 8.10. The molecule has 1 fully saturated rings. The molecule has 1 aliphatic carbocycles. The Morgan fingerprint density at radius 1 is 1.30 bits per heavy atom. The maximum absolute atomic E-state index is 6.19. The fourth-order valence-corrected chi connectivity index (χ4v) is 2.67. The summed E-state index contributed by atoms with van der Waals surface area (Å²) in [6.07, 6.45) is 5.25. The van der Waals surface area contributed by atoms with Crippen molar-refractivity contribution in [3.8, 4) is 5.75 Å². The third-order valence-electron chi connectivity index (χ3n) is 3.99. The maximum Gasteiger partial charge on any atom is 0.120 e. The molecule has 112 valence electrons. The molecule has 2 heteroatoms. The van der Waals surface area contributed by atoms with Gasteiger partial charge in [0.2, 0.25) is 0 Å². The van der Waals surface area contributed by atoms with Gasteiger partial charge in [0, 0.05) is 12.6 Å². The molecular weight excluding hydrogens is 246 g/mol. The molecule has 0 heterocycles. The van der Waals surface area contributed by atoms with Crippen LogP contribution in [-0.2, 0) is 0 Å². The topological polar surface area (TPSA) is 21.3 Å². The number of ether oxygens (including phenoxy) is 1. The fraction of sp³-hybridized carbons (Fsp3) is 0.667. The molecule has 0 radical (unpaired) electrons. The van der Waals surface area contributed by atoms with Crippen LogP contribution < -0.4 is 10.1 Å². The van der Waals surface area contributed by atoms with Crippen LogP contribution in [0.5, 0.6) is 5.75 Å². The van der Waals surface area contributed by atoms with Crippen LogP contribution in [0.3, 0.4) is 0 Å². The molecule has 1 unspecified atom stereocenters. The summed E-state index contributed by atoms with van der Waals surface area (Å²) in [5, 5.41) is 3.58. The molecule has 0 aromatic heterocycles. The van der Waals surface area contributed by atoms with E-state index in [4.69, 9.17) is 4.74 Å².